The van der Waals surface area contributed by atoms with Crippen LogP contribution in [0, 0.1) is 17.3 Å². The molecule has 1 aliphatic heterocycles. The van der Waals surface area contributed by atoms with Crippen molar-refractivity contribution in [3.05, 3.63) is 17.0 Å². The third-order valence-electron chi connectivity index (χ3n) is 7.19. The molecule has 1 saturated heterocycles. The largest absolute Gasteiger partial charge is 0.351 e. The van der Waals surface area contributed by atoms with Crippen molar-refractivity contribution in [2.75, 3.05) is 13.1 Å². The number of alkyl halides is 1. The van der Waals surface area contributed by atoms with Gasteiger partial charge in [0.25, 0.3) is 10.0 Å². The summed E-state index contributed by atoms with van der Waals surface area (Å²) < 4.78 is 27.3. The number of nitrogens with zero attached hydrogens (tertiary/aromatic N) is 1. The third kappa shape index (κ3) is 3.22. The fourth-order valence-corrected chi connectivity index (χ4v) is 10.1. The predicted molar refractivity (Wildman–Crippen MR) is 110 cm³/mol. The predicted octanol–water partition coefficient (Wildman–Crippen LogP) is 3.73. The summed E-state index contributed by atoms with van der Waals surface area (Å²) in [5.41, 5.74) is -0.312. The van der Waals surface area contributed by atoms with E-state index >= 15 is 0 Å². The molecule has 5 aliphatic rings. The van der Waals surface area contributed by atoms with Crippen molar-refractivity contribution in [3.63, 3.8) is 0 Å². The Morgan fingerprint density at radius 2 is 1.86 bits per heavy atom. The minimum Gasteiger partial charge on any atom is -0.351 e. The van der Waals surface area contributed by atoms with Gasteiger partial charge in [-0.05, 0) is 75.3 Å². The monoisotopic (exact) mass is 442 g/mol. The van der Waals surface area contributed by atoms with Crippen molar-refractivity contribution in [1.29, 1.82) is 0 Å². The van der Waals surface area contributed by atoms with Crippen LogP contribution < -0.4 is 5.32 Å². The van der Waals surface area contributed by atoms with Gasteiger partial charge in [0, 0.05) is 22.8 Å². The van der Waals surface area contributed by atoms with Crippen molar-refractivity contribution in [2.24, 2.45) is 17.3 Å². The highest BCUT2D eigenvalue weighted by Crippen LogP contribution is 2.63. The lowest BCUT2D eigenvalue weighted by Crippen LogP contribution is -2.58. The molecular weight excluding hydrogens is 416 g/mol. The number of halogens is 1. The van der Waals surface area contributed by atoms with Crippen LogP contribution in [0.25, 0.3) is 0 Å². The first-order chi connectivity index (χ1) is 13.3. The van der Waals surface area contributed by atoms with E-state index in [2.05, 4.69) is 5.32 Å². The first kappa shape index (κ1) is 19.3. The summed E-state index contributed by atoms with van der Waals surface area (Å²) in [4.78, 5) is 13.8. The molecule has 154 valence electrons. The van der Waals surface area contributed by atoms with Crippen LogP contribution in [-0.2, 0) is 21.4 Å². The van der Waals surface area contributed by atoms with E-state index in [0.29, 0.717) is 35.7 Å². The van der Waals surface area contributed by atoms with Gasteiger partial charge in [-0.2, -0.15) is 4.31 Å². The number of rotatable bonds is 5. The van der Waals surface area contributed by atoms with E-state index in [1.54, 1.807) is 10.4 Å². The van der Waals surface area contributed by atoms with Crippen molar-refractivity contribution in [1.82, 2.24) is 9.62 Å². The van der Waals surface area contributed by atoms with Gasteiger partial charge >= 0.3 is 0 Å². The summed E-state index contributed by atoms with van der Waals surface area (Å²) in [6.07, 6.45) is 7.92. The minimum atomic E-state index is -3.38. The molecule has 1 amide bonds. The summed E-state index contributed by atoms with van der Waals surface area (Å²) in [7, 11) is -3.38. The fourth-order valence-electron chi connectivity index (χ4n) is 6.42. The van der Waals surface area contributed by atoms with E-state index in [1.807, 2.05) is 6.07 Å². The molecule has 8 heteroatoms. The molecule has 0 spiro atoms. The van der Waals surface area contributed by atoms with Gasteiger partial charge in [-0.15, -0.1) is 22.9 Å². The summed E-state index contributed by atoms with van der Waals surface area (Å²) in [5.74, 6) is 1.29. The molecule has 1 N–H and O–H groups in total. The van der Waals surface area contributed by atoms with Crippen LogP contribution in [0.15, 0.2) is 16.3 Å². The third-order valence-corrected chi connectivity index (χ3v) is 11.1. The number of carbonyl (C=O) groups is 1. The number of sulfonamides is 1. The molecule has 28 heavy (non-hydrogen) atoms. The lowest BCUT2D eigenvalue weighted by atomic mass is 9.49. The lowest BCUT2D eigenvalue weighted by molar-refractivity contribution is -0.144. The van der Waals surface area contributed by atoms with Crippen LogP contribution in [0.3, 0.4) is 0 Å². The van der Waals surface area contributed by atoms with Gasteiger partial charge in [0.1, 0.15) is 4.21 Å². The van der Waals surface area contributed by atoms with Gasteiger partial charge < -0.3 is 5.32 Å². The maximum absolute atomic E-state index is 13.1. The van der Waals surface area contributed by atoms with Crippen molar-refractivity contribution < 1.29 is 13.2 Å². The molecule has 0 aromatic carbocycles. The lowest BCUT2D eigenvalue weighted by Gasteiger charge is -2.59. The maximum atomic E-state index is 13.1. The molecule has 5 fully saturated rings. The molecule has 1 aromatic heterocycles. The van der Waals surface area contributed by atoms with Crippen molar-refractivity contribution in [2.45, 2.75) is 67.0 Å². The van der Waals surface area contributed by atoms with Crippen LogP contribution in [0.5, 0.6) is 0 Å². The second-order valence-electron chi connectivity index (χ2n) is 9.41. The molecule has 2 heterocycles. The molecule has 5 nitrogen and oxygen atoms in total. The summed E-state index contributed by atoms with van der Waals surface area (Å²) in [5, 5.41) is 3.11. The zero-order valence-corrected chi connectivity index (χ0v) is 18.3. The van der Waals surface area contributed by atoms with Crippen LogP contribution in [0.2, 0.25) is 0 Å². The van der Waals surface area contributed by atoms with E-state index in [4.69, 9.17) is 11.6 Å². The molecule has 1 aromatic rings. The number of hydrogen-bond donors (Lipinski definition) is 1. The van der Waals surface area contributed by atoms with Gasteiger partial charge in [0.05, 0.1) is 12.0 Å². The zero-order valence-electron chi connectivity index (χ0n) is 16.0. The van der Waals surface area contributed by atoms with E-state index < -0.39 is 10.0 Å². The average molecular weight is 443 g/mol. The molecule has 0 radical (unpaired) electrons. The SMILES string of the molecule is O=C(NCc1ccc(S(=O)(=O)N2CCCC2)s1)C12C[C@H]3C[C@@H](CC(Cl)(C3)C1)C2. The quantitative estimate of drug-likeness (QED) is 0.706. The molecular formula is C20H27ClN2O3S2. The highest BCUT2D eigenvalue weighted by molar-refractivity contribution is 7.91. The summed E-state index contributed by atoms with van der Waals surface area (Å²) >= 11 is 8.12. The van der Waals surface area contributed by atoms with Gasteiger partial charge in [-0.25, -0.2) is 8.42 Å². The molecule has 2 atom stereocenters. The fraction of sp³-hybridized carbons (Fsp3) is 0.750. The highest BCUT2D eigenvalue weighted by Gasteiger charge is 2.59. The van der Waals surface area contributed by atoms with E-state index in [1.165, 1.54) is 17.8 Å². The van der Waals surface area contributed by atoms with Crippen LogP contribution >= 0.6 is 22.9 Å². The Hall–Kier alpha value is -0.630. The van der Waals surface area contributed by atoms with Crippen molar-refractivity contribution >= 4 is 38.9 Å². The molecule has 4 aliphatic carbocycles. The van der Waals surface area contributed by atoms with E-state index in [9.17, 15) is 13.2 Å². The highest BCUT2D eigenvalue weighted by atomic mass is 35.5. The summed E-state index contributed by atoms with van der Waals surface area (Å²) in [6.45, 7) is 1.61. The Labute approximate surface area is 175 Å². The number of nitrogens with one attached hydrogen (secondary N) is 1. The smallest absolute Gasteiger partial charge is 0.252 e. The first-order valence-corrected chi connectivity index (χ1v) is 13.0. The van der Waals surface area contributed by atoms with Crippen LogP contribution in [0.1, 0.15) is 56.2 Å². The molecule has 4 saturated carbocycles. The Morgan fingerprint density at radius 3 is 2.50 bits per heavy atom. The molecule has 0 unspecified atom stereocenters. The number of thiophene rings is 1. The second-order valence-corrected chi connectivity index (χ2v) is 13.5. The number of amides is 1. The van der Waals surface area contributed by atoms with Gasteiger partial charge in [-0.1, -0.05) is 0 Å². The van der Waals surface area contributed by atoms with Gasteiger partial charge in [0.2, 0.25) is 5.91 Å². The second kappa shape index (κ2) is 6.69. The molecule has 4 bridgehead atoms. The maximum Gasteiger partial charge on any atom is 0.252 e. The van der Waals surface area contributed by atoms with Crippen molar-refractivity contribution in [3.8, 4) is 0 Å². The molecule has 6 rings (SSSR count). The average Bonchev–Trinajstić information content (AvgIpc) is 3.30. The topological polar surface area (TPSA) is 66.5 Å². The minimum absolute atomic E-state index is 0.115. The Bertz CT molecular complexity index is 877. The Morgan fingerprint density at radius 1 is 1.18 bits per heavy atom. The number of hydrogen-bond acceptors (Lipinski definition) is 4. The van der Waals surface area contributed by atoms with E-state index in [-0.39, 0.29) is 16.2 Å². The Kier molecular flexibility index (Phi) is 4.62. The number of carbonyl (C=O) groups excluding carboxylic acids is 1. The normalized spacial score (nSPS) is 37.5. The Balaban J connectivity index is 1.26. The van der Waals surface area contributed by atoms with Crippen LogP contribution in [-0.4, -0.2) is 36.6 Å². The van der Waals surface area contributed by atoms with Crippen LogP contribution in [0.4, 0.5) is 0 Å². The van der Waals surface area contributed by atoms with E-state index in [0.717, 1.165) is 49.8 Å². The standard InChI is InChI=1S/C20H27ClN2O3S2/c21-20-10-14-7-15(11-20)9-19(8-14,13-20)18(24)22-12-16-3-4-17(27-16)28(25,26)23-5-1-2-6-23/h3-4,14-15H,1-2,5-13H2,(H,22,24)/t14-,15-,19?,20?/m1/s1. The van der Waals surface area contributed by atoms with Gasteiger partial charge in [0.15, 0.2) is 0 Å². The zero-order chi connectivity index (χ0) is 19.6. The van der Waals surface area contributed by atoms with Gasteiger partial charge in [-0.3, -0.25) is 4.79 Å². The first-order valence-electron chi connectivity index (χ1n) is 10.3. The summed E-state index contributed by atoms with van der Waals surface area (Å²) in [6, 6.07) is 3.51.